The molecule has 8 nitrogen and oxygen atoms in total. The molecule has 4 unspecified atom stereocenters. The van der Waals surface area contributed by atoms with E-state index in [1.54, 1.807) is 14.0 Å². The van der Waals surface area contributed by atoms with Crippen LogP contribution in [0.3, 0.4) is 0 Å². The van der Waals surface area contributed by atoms with Crippen LogP contribution in [0.2, 0.25) is 0 Å². The number of quaternary nitrogens is 1. The summed E-state index contributed by atoms with van der Waals surface area (Å²) in [5.74, 6) is 0.653. The fourth-order valence-corrected chi connectivity index (χ4v) is 7.01. The molecule has 37 heavy (non-hydrogen) atoms. The molecule has 8 heteroatoms. The smallest absolute Gasteiger partial charge is 0.252 e. The zero-order chi connectivity index (χ0) is 26.7. The number of nitrogens with two attached hydrogens (primary N) is 1. The van der Waals surface area contributed by atoms with Gasteiger partial charge in [-0.25, -0.2) is 4.48 Å². The molecule has 0 bridgehead atoms. The van der Waals surface area contributed by atoms with Crippen LogP contribution < -0.4 is 10.2 Å². The van der Waals surface area contributed by atoms with Crippen LogP contribution in [0.5, 0.6) is 0 Å². The van der Waals surface area contributed by atoms with Gasteiger partial charge in [-0.1, -0.05) is 6.07 Å². The molecule has 2 N–H and O–H groups in total. The number of methoxy groups -OCH3 is 1. The minimum absolute atomic E-state index is 0.0736. The topological polar surface area (TPSA) is 79.1 Å². The van der Waals surface area contributed by atoms with Crippen LogP contribution in [-0.2, 0) is 20.9 Å². The van der Waals surface area contributed by atoms with Crippen LogP contribution in [0.4, 0.5) is 5.69 Å². The molecule has 1 amide bonds. The Bertz CT molecular complexity index is 963. The predicted molar refractivity (Wildman–Crippen MR) is 148 cm³/mol. The van der Waals surface area contributed by atoms with Crippen molar-refractivity contribution in [1.29, 1.82) is 0 Å². The maximum Gasteiger partial charge on any atom is 0.252 e. The minimum atomic E-state index is -0.310. The van der Waals surface area contributed by atoms with Crippen LogP contribution in [0, 0.1) is 12.8 Å². The van der Waals surface area contributed by atoms with Crippen molar-refractivity contribution in [3.8, 4) is 0 Å². The SMILES string of the molecule is COC1C(CCC(N)=O)[N+]1(CC(C)=O)c1ccc(CN2CCN(CC3CCN(C)CC3)C(C)C2)cc1C. The Morgan fingerprint density at radius 1 is 1.16 bits per heavy atom. The van der Waals surface area contributed by atoms with Gasteiger partial charge in [0, 0.05) is 71.2 Å². The molecule has 0 spiro atoms. The van der Waals surface area contributed by atoms with Crippen molar-refractivity contribution < 1.29 is 14.3 Å². The molecule has 1 aromatic rings. The highest BCUT2D eigenvalue weighted by atomic mass is 16.5. The van der Waals surface area contributed by atoms with Gasteiger partial charge in [0.25, 0.3) is 6.23 Å². The lowest BCUT2D eigenvalue weighted by Gasteiger charge is -2.42. The van der Waals surface area contributed by atoms with Gasteiger partial charge in [0.15, 0.2) is 11.8 Å². The van der Waals surface area contributed by atoms with Crippen LogP contribution in [0.15, 0.2) is 18.2 Å². The zero-order valence-electron chi connectivity index (χ0n) is 23.6. The Balaban J connectivity index is 1.39. The number of ether oxygens (including phenoxy) is 1. The van der Waals surface area contributed by atoms with E-state index in [9.17, 15) is 9.59 Å². The molecule has 3 aliphatic heterocycles. The van der Waals surface area contributed by atoms with Gasteiger partial charge >= 0.3 is 0 Å². The number of primary amides is 1. The lowest BCUT2D eigenvalue weighted by Crippen LogP contribution is -2.53. The number of carbonyl (C=O) groups is 2. The summed E-state index contributed by atoms with van der Waals surface area (Å²) in [4.78, 5) is 31.5. The molecule has 3 aliphatic rings. The number of piperidine rings is 1. The normalized spacial score (nSPS) is 29.9. The third-order valence-corrected chi connectivity index (χ3v) is 8.99. The van der Waals surface area contributed by atoms with Gasteiger partial charge in [-0.05, 0) is 70.4 Å². The number of rotatable bonds is 11. The first kappa shape index (κ1) is 28.2. The van der Waals surface area contributed by atoms with Crippen molar-refractivity contribution >= 4 is 17.4 Å². The summed E-state index contributed by atoms with van der Waals surface area (Å²) in [5, 5.41) is 0. The number of amides is 1. The summed E-state index contributed by atoms with van der Waals surface area (Å²) in [6.45, 7) is 14.5. The molecule has 3 saturated heterocycles. The number of ketones is 1. The van der Waals surface area contributed by atoms with Crippen molar-refractivity contribution in [3.63, 3.8) is 0 Å². The van der Waals surface area contributed by atoms with Gasteiger partial charge in [0.05, 0.1) is 0 Å². The average molecular weight is 515 g/mol. The number of likely N-dealkylation sites (tertiary alicyclic amines) is 1. The Morgan fingerprint density at radius 3 is 2.49 bits per heavy atom. The maximum absolute atomic E-state index is 12.3. The summed E-state index contributed by atoms with van der Waals surface area (Å²) < 4.78 is 6.29. The van der Waals surface area contributed by atoms with Crippen molar-refractivity contribution in [1.82, 2.24) is 19.2 Å². The van der Waals surface area contributed by atoms with E-state index in [2.05, 4.69) is 53.8 Å². The van der Waals surface area contributed by atoms with Crippen LogP contribution in [-0.4, -0.2) is 105 Å². The number of Topliss-reactive ketones (excluding diaryl/α,β-unsaturated/α-hetero) is 1. The first-order valence-electron chi connectivity index (χ1n) is 14.1. The van der Waals surface area contributed by atoms with Crippen LogP contribution in [0.1, 0.15) is 50.7 Å². The average Bonchev–Trinajstić information content (AvgIpc) is 3.45. The van der Waals surface area contributed by atoms with E-state index in [1.165, 1.54) is 43.6 Å². The highest BCUT2D eigenvalue weighted by molar-refractivity contribution is 5.82. The van der Waals surface area contributed by atoms with E-state index in [4.69, 9.17) is 10.5 Å². The van der Waals surface area contributed by atoms with Gasteiger partial charge < -0.3 is 15.4 Å². The first-order chi connectivity index (χ1) is 17.6. The summed E-state index contributed by atoms with van der Waals surface area (Å²) in [7, 11) is 3.93. The van der Waals surface area contributed by atoms with Crippen molar-refractivity contribution in [2.75, 3.05) is 60.0 Å². The highest BCUT2D eigenvalue weighted by Gasteiger charge is 2.69. The number of benzene rings is 1. The van der Waals surface area contributed by atoms with E-state index in [-0.39, 0.29) is 24.0 Å². The van der Waals surface area contributed by atoms with Crippen molar-refractivity contribution in [3.05, 3.63) is 29.3 Å². The molecule has 0 aromatic heterocycles. The third-order valence-electron chi connectivity index (χ3n) is 8.99. The minimum Gasteiger partial charge on any atom is -0.370 e. The second-order valence-corrected chi connectivity index (χ2v) is 11.9. The molecule has 0 aliphatic carbocycles. The van der Waals surface area contributed by atoms with Crippen molar-refractivity contribution in [2.24, 2.45) is 11.7 Å². The first-order valence-corrected chi connectivity index (χ1v) is 14.1. The lowest BCUT2D eigenvalue weighted by atomic mass is 9.95. The molecular weight excluding hydrogens is 466 g/mol. The number of carbonyl (C=O) groups excluding carboxylic acids is 2. The number of hydrogen-bond acceptors (Lipinski definition) is 6. The molecule has 1 aromatic carbocycles. The van der Waals surface area contributed by atoms with Crippen molar-refractivity contribution in [2.45, 2.75) is 71.3 Å². The maximum atomic E-state index is 12.3. The zero-order valence-corrected chi connectivity index (χ0v) is 23.6. The summed E-state index contributed by atoms with van der Waals surface area (Å²) in [6.07, 6.45) is 3.47. The van der Waals surface area contributed by atoms with E-state index in [1.807, 2.05) is 0 Å². The monoisotopic (exact) mass is 514 g/mol. The van der Waals surface area contributed by atoms with Gasteiger partial charge in [-0.15, -0.1) is 0 Å². The molecule has 3 fully saturated rings. The standard InChI is InChI=1S/C29H47N5O3/c1-21-16-25(18-32-14-15-33(22(2)17-32)19-24-10-12-31(4)13-11-24)6-7-26(21)34(20-23(3)35)27(29(34)37-5)8-9-28(30)36/h6-7,16,22,24,27,29H,8-15,17-20H2,1-5H3,(H-,30,36)/p+1. The predicted octanol–water partition coefficient (Wildman–Crippen LogP) is 2.36. The van der Waals surface area contributed by atoms with Gasteiger partial charge in [-0.2, -0.15) is 0 Å². The fourth-order valence-electron chi connectivity index (χ4n) is 7.01. The second-order valence-electron chi connectivity index (χ2n) is 11.9. The lowest BCUT2D eigenvalue weighted by molar-refractivity contribution is -0.118. The molecule has 206 valence electrons. The Morgan fingerprint density at radius 2 is 1.89 bits per heavy atom. The van der Waals surface area contributed by atoms with Gasteiger partial charge in [0.1, 0.15) is 12.2 Å². The second kappa shape index (κ2) is 11.9. The molecule has 4 atom stereocenters. The molecular formula is C29H48N5O3+. The summed E-state index contributed by atoms with van der Waals surface area (Å²) in [6, 6.07) is 7.33. The van der Waals surface area contributed by atoms with Gasteiger partial charge in [-0.3, -0.25) is 19.4 Å². The molecule has 0 radical (unpaired) electrons. The highest BCUT2D eigenvalue weighted by Crippen LogP contribution is 2.49. The Hall–Kier alpha value is -1.84. The van der Waals surface area contributed by atoms with E-state index < -0.39 is 0 Å². The number of piperazine rings is 1. The number of hydrogen-bond donors (Lipinski definition) is 1. The fraction of sp³-hybridized carbons (Fsp3) is 0.724. The largest absolute Gasteiger partial charge is 0.370 e. The Kier molecular flexibility index (Phi) is 9.07. The molecule has 4 rings (SSSR count). The third kappa shape index (κ3) is 6.42. The number of aryl methyl sites for hydroxylation is 1. The van der Waals surface area contributed by atoms with E-state index in [0.717, 1.165) is 37.8 Å². The van der Waals surface area contributed by atoms with Crippen LogP contribution in [0.25, 0.3) is 0 Å². The summed E-state index contributed by atoms with van der Waals surface area (Å²) in [5.41, 5.74) is 9.04. The summed E-state index contributed by atoms with van der Waals surface area (Å²) >= 11 is 0. The quantitative estimate of drug-likeness (QED) is 0.361. The van der Waals surface area contributed by atoms with E-state index >= 15 is 0 Å². The molecule has 3 heterocycles. The van der Waals surface area contributed by atoms with Gasteiger partial charge in [0.2, 0.25) is 5.91 Å². The Labute approximate surface area is 223 Å². The van der Waals surface area contributed by atoms with Crippen LogP contribution >= 0.6 is 0 Å². The van der Waals surface area contributed by atoms with E-state index in [0.29, 0.717) is 29.9 Å². The number of nitrogens with zero attached hydrogens (tertiary/aromatic N) is 4. The molecule has 0 saturated carbocycles.